The number of benzene rings is 2. The highest BCUT2D eigenvalue weighted by molar-refractivity contribution is 6.30. The first kappa shape index (κ1) is 19.2. The van der Waals surface area contributed by atoms with Gasteiger partial charge in [0.2, 0.25) is 0 Å². The van der Waals surface area contributed by atoms with Crippen molar-refractivity contribution in [3.8, 4) is 5.75 Å². The van der Waals surface area contributed by atoms with Crippen LogP contribution in [0, 0.1) is 5.82 Å². The molecular formula is C22H23ClFNO3. The third-order valence-electron chi connectivity index (χ3n) is 5.52. The summed E-state index contributed by atoms with van der Waals surface area (Å²) in [6.45, 7) is 2.38. The van der Waals surface area contributed by atoms with E-state index >= 15 is 0 Å². The molecule has 2 aromatic carbocycles. The molecule has 0 atom stereocenters. The lowest BCUT2D eigenvalue weighted by molar-refractivity contribution is 0.0691. The van der Waals surface area contributed by atoms with Crippen LogP contribution in [0.2, 0.25) is 5.02 Å². The first-order valence-corrected chi connectivity index (χ1v) is 10.1. The second-order valence-corrected chi connectivity index (χ2v) is 8.09. The van der Waals surface area contributed by atoms with Crippen LogP contribution in [0.1, 0.15) is 53.1 Å². The van der Waals surface area contributed by atoms with Gasteiger partial charge in [0, 0.05) is 24.7 Å². The number of hydrogen-bond donors (Lipinski definition) is 1. The van der Waals surface area contributed by atoms with E-state index in [1.807, 2.05) is 24.3 Å². The van der Waals surface area contributed by atoms with E-state index < -0.39 is 11.8 Å². The number of carbonyl (C=O) groups is 1. The zero-order valence-corrected chi connectivity index (χ0v) is 16.3. The number of rotatable bonds is 6. The molecular weight excluding hydrogens is 381 g/mol. The molecule has 4 nitrogen and oxygen atoms in total. The number of carboxylic acids is 1. The van der Waals surface area contributed by atoms with Crippen LogP contribution in [0.15, 0.2) is 36.4 Å². The SMILES string of the molecule is O=C(O)c1cc(C2CC2)c(CN2CCC(Oc3ccc(Cl)cc3)CC2)cc1F. The van der Waals surface area contributed by atoms with Crippen LogP contribution < -0.4 is 4.74 Å². The van der Waals surface area contributed by atoms with Crippen molar-refractivity contribution in [3.05, 3.63) is 63.9 Å². The van der Waals surface area contributed by atoms with Gasteiger partial charge in [0.15, 0.2) is 0 Å². The average molecular weight is 404 g/mol. The number of ether oxygens (including phenoxy) is 1. The van der Waals surface area contributed by atoms with Gasteiger partial charge in [-0.2, -0.15) is 0 Å². The van der Waals surface area contributed by atoms with Gasteiger partial charge in [0.25, 0.3) is 0 Å². The highest BCUT2D eigenvalue weighted by Gasteiger charge is 2.29. The monoisotopic (exact) mass is 403 g/mol. The summed E-state index contributed by atoms with van der Waals surface area (Å²) in [6.07, 6.45) is 4.06. The van der Waals surface area contributed by atoms with E-state index in [0.29, 0.717) is 17.5 Å². The summed E-state index contributed by atoms with van der Waals surface area (Å²) in [5.41, 5.74) is 1.70. The van der Waals surface area contributed by atoms with Gasteiger partial charge < -0.3 is 9.84 Å². The van der Waals surface area contributed by atoms with Gasteiger partial charge in [-0.15, -0.1) is 0 Å². The van der Waals surface area contributed by atoms with Crippen molar-refractivity contribution < 1.29 is 19.0 Å². The molecule has 148 valence electrons. The number of piperidine rings is 1. The van der Waals surface area contributed by atoms with E-state index in [4.69, 9.17) is 16.3 Å². The predicted molar refractivity (Wildman–Crippen MR) is 106 cm³/mol. The molecule has 1 aliphatic carbocycles. The summed E-state index contributed by atoms with van der Waals surface area (Å²) in [4.78, 5) is 13.5. The smallest absolute Gasteiger partial charge is 0.338 e. The van der Waals surface area contributed by atoms with Crippen LogP contribution >= 0.6 is 11.6 Å². The molecule has 2 aliphatic rings. The van der Waals surface area contributed by atoms with Crippen LogP contribution in [-0.4, -0.2) is 35.2 Å². The molecule has 1 N–H and O–H groups in total. The van der Waals surface area contributed by atoms with E-state index in [2.05, 4.69) is 4.90 Å². The van der Waals surface area contributed by atoms with Crippen molar-refractivity contribution in [1.29, 1.82) is 0 Å². The summed E-state index contributed by atoms with van der Waals surface area (Å²) in [7, 11) is 0. The Kier molecular flexibility index (Phi) is 5.56. The van der Waals surface area contributed by atoms with Crippen LogP contribution in [0.3, 0.4) is 0 Å². The number of aromatic carboxylic acids is 1. The molecule has 6 heteroatoms. The molecule has 2 fully saturated rings. The van der Waals surface area contributed by atoms with E-state index in [1.165, 1.54) is 6.07 Å². The molecule has 0 aromatic heterocycles. The fourth-order valence-electron chi connectivity index (χ4n) is 3.84. The van der Waals surface area contributed by atoms with Crippen LogP contribution in [0.25, 0.3) is 0 Å². The van der Waals surface area contributed by atoms with Gasteiger partial charge in [-0.3, -0.25) is 4.90 Å². The third kappa shape index (κ3) is 4.47. The lowest BCUT2D eigenvalue weighted by Gasteiger charge is -2.32. The molecule has 1 aliphatic heterocycles. The molecule has 1 saturated heterocycles. The zero-order valence-electron chi connectivity index (χ0n) is 15.5. The number of nitrogens with zero attached hydrogens (tertiary/aromatic N) is 1. The minimum atomic E-state index is -1.20. The topological polar surface area (TPSA) is 49.8 Å². The molecule has 0 unspecified atom stereocenters. The van der Waals surface area contributed by atoms with Crippen LogP contribution in [-0.2, 0) is 6.54 Å². The van der Waals surface area contributed by atoms with Gasteiger partial charge in [0.1, 0.15) is 17.7 Å². The molecule has 28 heavy (non-hydrogen) atoms. The fourth-order valence-corrected chi connectivity index (χ4v) is 3.96. The Labute approximate surface area is 168 Å². The lowest BCUT2D eigenvalue weighted by Crippen LogP contribution is -2.38. The maximum atomic E-state index is 14.2. The van der Waals surface area contributed by atoms with Gasteiger partial charge in [0.05, 0.1) is 5.56 Å². The van der Waals surface area contributed by atoms with Gasteiger partial charge >= 0.3 is 5.97 Å². The zero-order chi connectivity index (χ0) is 19.7. The van der Waals surface area contributed by atoms with E-state index in [0.717, 1.165) is 55.6 Å². The first-order chi connectivity index (χ1) is 13.5. The van der Waals surface area contributed by atoms with Gasteiger partial charge in [-0.1, -0.05) is 11.6 Å². The van der Waals surface area contributed by atoms with Gasteiger partial charge in [-0.05, 0) is 79.1 Å². The largest absolute Gasteiger partial charge is 0.490 e. The second-order valence-electron chi connectivity index (χ2n) is 7.66. The van der Waals surface area contributed by atoms with Crippen LogP contribution in [0.4, 0.5) is 4.39 Å². The molecule has 4 rings (SSSR count). The Morgan fingerprint density at radius 2 is 1.82 bits per heavy atom. The Balaban J connectivity index is 1.39. The summed E-state index contributed by atoms with van der Waals surface area (Å²) in [6, 6.07) is 10.4. The Morgan fingerprint density at radius 1 is 1.14 bits per heavy atom. The van der Waals surface area contributed by atoms with Crippen molar-refractivity contribution in [2.24, 2.45) is 0 Å². The summed E-state index contributed by atoms with van der Waals surface area (Å²) >= 11 is 5.91. The number of carboxylic acid groups (broad SMARTS) is 1. The third-order valence-corrected chi connectivity index (χ3v) is 5.77. The van der Waals surface area contributed by atoms with E-state index in [1.54, 1.807) is 6.07 Å². The van der Waals surface area contributed by atoms with Crippen LogP contribution in [0.5, 0.6) is 5.75 Å². The molecule has 2 aromatic rings. The summed E-state index contributed by atoms with van der Waals surface area (Å²) < 4.78 is 20.3. The number of likely N-dealkylation sites (tertiary alicyclic amines) is 1. The maximum absolute atomic E-state index is 14.2. The molecule has 0 amide bonds. The van der Waals surface area contributed by atoms with Crippen molar-refractivity contribution in [2.75, 3.05) is 13.1 Å². The average Bonchev–Trinajstić information content (AvgIpc) is 3.50. The lowest BCUT2D eigenvalue weighted by atomic mass is 9.98. The maximum Gasteiger partial charge on any atom is 0.338 e. The van der Waals surface area contributed by atoms with Crippen molar-refractivity contribution in [1.82, 2.24) is 4.90 Å². The fraction of sp³-hybridized carbons (Fsp3) is 0.409. The summed E-state index contributed by atoms with van der Waals surface area (Å²) in [5.74, 6) is -0.649. The highest BCUT2D eigenvalue weighted by Crippen LogP contribution is 2.43. The van der Waals surface area contributed by atoms with E-state index in [-0.39, 0.29) is 11.7 Å². The Bertz CT molecular complexity index is 859. The first-order valence-electron chi connectivity index (χ1n) is 9.70. The quantitative estimate of drug-likeness (QED) is 0.729. The normalized spacial score (nSPS) is 18.2. The van der Waals surface area contributed by atoms with Crippen molar-refractivity contribution in [2.45, 2.75) is 44.2 Å². The predicted octanol–water partition coefficient (Wildman–Crippen LogP) is 5.10. The second kappa shape index (κ2) is 8.10. The minimum Gasteiger partial charge on any atom is -0.490 e. The minimum absolute atomic E-state index is 0.159. The molecule has 0 radical (unpaired) electrons. The number of halogens is 2. The van der Waals surface area contributed by atoms with Crippen molar-refractivity contribution >= 4 is 17.6 Å². The highest BCUT2D eigenvalue weighted by atomic mass is 35.5. The van der Waals surface area contributed by atoms with E-state index in [9.17, 15) is 14.3 Å². The molecule has 1 heterocycles. The van der Waals surface area contributed by atoms with Gasteiger partial charge in [-0.25, -0.2) is 9.18 Å². The molecule has 0 spiro atoms. The standard InChI is InChI=1S/C22H23ClFNO3/c23-16-3-5-17(6-4-16)28-18-7-9-25(10-8-18)13-15-11-21(24)20(22(26)27)12-19(15)14-1-2-14/h3-6,11-12,14,18H,1-2,7-10,13H2,(H,26,27). The Hall–Kier alpha value is -2.11. The number of hydrogen-bond acceptors (Lipinski definition) is 3. The van der Waals surface area contributed by atoms with Crippen molar-refractivity contribution in [3.63, 3.8) is 0 Å². The Morgan fingerprint density at radius 3 is 2.43 bits per heavy atom. The molecule has 1 saturated carbocycles. The molecule has 0 bridgehead atoms. The summed E-state index contributed by atoms with van der Waals surface area (Å²) in [5, 5.41) is 9.89.